The molecule has 1 aromatic heterocycles. The van der Waals surface area contributed by atoms with Crippen LogP contribution in [-0.4, -0.2) is 42.3 Å². The van der Waals surface area contributed by atoms with Crippen LogP contribution in [0, 0.1) is 5.92 Å². The Balaban J connectivity index is 1.71. The van der Waals surface area contributed by atoms with Crippen LogP contribution in [0.25, 0.3) is 11.0 Å². The number of carbonyl (C=O) groups is 1. The number of fused-ring (bicyclic) bond motifs is 1. The van der Waals surface area contributed by atoms with Crippen LogP contribution < -0.4 is 0 Å². The summed E-state index contributed by atoms with van der Waals surface area (Å²) in [6.07, 6.45) is 6.57. The van der Waals surface area contributed by atoms with E-state index < -0.39 is 0 Å². The van der Waals surface area contributed by atoms with Crippen molar-refractivity contribution in [3.63, 3.8) is 0 Å². The van der Waals surface area contributed by atoms with Crippen molar-refractivity contribution in [2.75, 3.05) is 26.2 Å². The Kier molecular flexibility index (Phi) is 7.27. The first kappa shape index (κ1) is 19.9. The van der Waals surface area contributed by atoms with E-state index in [1.165, 1.54) is 19.3 Å². The molecule has 1 heterocycles. The van der Waals surface area contributed by atoms with Crippen LogP contribution in [0.3, 0.4) is 0 Å². The lowest BCUT2D eigenvalue weighted by Gasteiger charge is -2.28. The normalized spacial score (nSPS) is 16.7. The second-order valence-electron chi connectivity index (χ2n) is 7.49. The van der Waals surface area contributed by atoms with Crippen molar-refractivity contribution in [2.45, 2.75) is 58.3 Å². The maximum Gasteiger partial charge on any atom is 0.315 e. The summed E-state index contributed by atoms with van der Waals surface area (Å²) < 4.78 is 11.2. The zero-order chi connectivity index (χ0) is 19.1. The summed E-state index contributed by atoms with van der Waals surface area (Å²) in [6, 6.07) is 7.79. The third kappa shape index (κ3) is 4.89. The number of hydrogen-bond donors (Lipinski definition) is 0. The second kappa shape index (κ2) is 9.88. The van der Waals surface area contributed by atoms with Gasteiger partial charge in [0.2, 0.25) is 0 Å². The van der Waals surface area contributed by atoms with E-state index in [9.17, 15) is 4.79 Å². The van der Waals surface area contributed by atoms with Gasteiger partial charge in [-0.05, 0) is 50.4 Å². The highest BCUT2D eigenvalue weighted by molar-refractivity contribution is 5.87. The first-order valence-electron chi connectivity index (χ1n) is 10.5. The molecule has 0 N–H and O–H groups in total. The van der Waals surface area contributed by atoms with Crippen molar-refractivity contribution in [1.29, 1.82) is 0 Å². The monoisotopic (exact) mass is 372 g/mol. The molecule has 1 saturated carbocycles. The highest BCUT2D eigenvalue weighted by Gasteiger charge is 2.35. The Morgan fingerprint density at radius 1 is 1.22 bits per heavy atom. The summed E-state index contributed by atoms with van der Waals surface area (Å²) in [6.45, 7) is 7.80. The minimum absolute atomic E-state index is 0.138. The van der Waals surface area contributed by atoms with E-state index in [1.54, 1.807) is 0 Å². The molecule has 1 fully saturated rings. The third-order valence-corrected chi connectivity index (χ3v) is 5.83. The number of hydrogen-bond acceptors (Lipinski definition) is 5. The fourth-order valence-corrected chi connectivity index (χ4v) is 4.22. The van der Waals surface area contributed by atoms with Crippen molar-refractivity contribution in [2.24, 2.45) is 5.92 Å². The molecule has 27 heavy (non-hydrogen) atoms. The number of rotatable bonds is 9. The van der Waals surface area contributed by atoms with E-state index in [1.807, 2.05) is 24.3 Å². The molecule has 5 nitrogen and oxygen atoms in total. The van der Waals surface area contributed by atoms with E-state index >= 15 is 0 Å². The molecule has 148 valence electrons. The minimum atomic E-state index is -0.317. The summed E-state index contributed by atoms with van der Waals surface area (Å²) in [7, 11) is 0. The molecular weight excluding hydrogens is 340 g/mol. The van der Waals surface area contributed by atoms with Crippen LogP contribution in [-0.2, 0) is 9.53 Å². The molecule has 1 aromatic carbocycles. The first-order chi connectivity index (χ1) is 13.2. The molecule has 0 saturated heterocycles. The van der Waals surface area contributed by atoms with Gasteiger partial charge in [0.25, 0.3) is 0 Å². The van der Waals surface area contributed by atoms with E-state index in [0.717, 1.165) is 55.6 Å². The average Bonchev–Trinajstić information content (AvgIpc) is 3.13. The van der Waals surface area contributed by atoms with Gasteiger partial charge in [-0.1, -0.05) is 50.4 Å². The van der Waals surface area contributed by atoms with Gasteiger partial charge in [0.05, 0.1) is 6.61 Å². The maximum atomic E-state index is 13.1. The van der Waals surface area contributed by atoms with Gasteiger partial charge in [0, 0.05) is 11.9 Å². The lowest BCUT2D eigenvalue weighted by molar-refractivity contribution is -0.147. The number of para-hydroxylation sites is 1. The number of carbonyl (C=O) groups excluding carboxylic acids is 1. The topological polar surface area (TPSA) is 55.6 Å². The molecule has 5 heteroatoms. The van der Waals surface area contributed by atoms with E-state index in [4.69, 9.17) is 9.26 Å². The summed E-state index contributed by atoms with van der Waals surface area (Å²) in [5.74, 6) is -0.162. The fraction of sp³-hybridized carbons (Fsp3) is 0.636. The molecule has 2 aromatic rings. The van der Waals surface area contributed by atoms with Crippen molar-refractivity contribution in [3.05, 3.63) is 30.0 Å². The van der Waals surface area contributed by atoms with Gasteiger partial charge in [-0.3, -0.25) is 4.79 Å². The summed E-state index contributed by atoms with van der Waals surface area (Å²) in [5, 5.41) is 5.23. The molecule has 0 bridgehead atoms. The maximum absolute atomic E-state index is 13.1. The number of benzene rings is 1. The van der Waals surface area contributed by atoms with E-state index in [-0.39, 0.29) is 11.9 Å². The van der Waals surface area contributed by atoms with E-state index in [0.29, 0.717) is 12.5 Å². The van der Waals surface area contributed by atoms with Gasteiger partial charge in [0.1, 0.15) is 11.6 Å². The van der Waals surface area contributed by atoms with Crippen LogP contribution in [0.2, 0.25) is 0 Å². The SMILES string of the molecule is CCN(CC)CCCOC(=O)C(c1noc2ccccc12)C1CCCCC1. The number of aromatic nitrogens is 1. The van der Waals surface area contributed by atoms with Gasteiger partial charge in [-0.15, -0.1) is 0 Å². The molecule has 0 spiro atoms. The van der Waals surface area contributed by atoms with Gasteiger partial charge in [-0.25, -0.2) is 0 Å². The second-order valence-corrected chi connectivity index (χ2v) is 7.49. The van der Waals surface area contributed by atoms with Crippen LogP contribution >= 0.6 is 0 Å². The highest BCUT2D eigenvalue weighted by Crippen LogP contribution is 2.39. The lowest BCUT2D eigenvalue weighted by atomic mass is 9.78. The Morgan fingerprint density at radius 2 is 1.96 bits per heavy atom. The molecule has 3 rings (SSSR count). The quantitative estimate of drug-likeness (QED) is 0.469. The lowest BCUT2D eigenvalue weighted by Crippen LogP contribution is -2.28. The predicted octanol–water partition coefficient (Wildman–Crippen LogP) is 4.77. The number of ether oxygens (including phenoxy) is 1. The van der Waals surface area contributed by atoms with E-state index in [2.05, 4.69) is 23.9 Å². The molecular formula is C22H32N2O3. The molecule has 1 aliphatic carbocycles. The standard InChI is InChI=1S/C22H32N2O3/c1-3-24(4-2)15-10-16-26-22(25)20(17-11-6-5-7-12-17)21-18-13-8-9-14-19(18)27-23-21/h8-9,13-14,17,20H,3-7,10-12,15-16H2,1-2H3. The average molecular weight is 373 g/mol. The number of nitrogens with zero attached hydrogens (tertiary/aromatic N) is 2. The third-order valence-electron chi connectivity index (χ3n) is 5.83. The van der Waals surface area contributed by atoms with Crippen molar-refractivity contribution in [1.82, 2.24) is 10.1 Å². The molecule has 0 amide bonds. The first-order valence-corrected chi connectivity index (χ1v) is 10.5. The molecule has 0 aliphatic heterocycles. The highest BCUT2D eigenvalue weighted by atomic mass is 16.5. The Labute approximate surface area is 162 Å². The van der Waals surface area contributed by atoms with Crippen molar-refractivity contribution >= 4 is 16.9 Å². The predicted molar refractivity (Wildman–Crippen MR) is 107 cm³/mol. The van der Waals surface area contributed by atoms with Crippen LogP contribution in [0.4, 0.5) is 0 Å². The van der Waals surface area contributed by atoms with Crippen LogP contribution in [0.5, 0.6) is 0 Å². The Hall–Kier alpha value is -1.88. The van der Waals surface area contributed by atoms with Gasteiger partial charge in [-0.2, -0.15) is 0 Å². The van der Waals surface area contributed by atoms with Crippen molar-refractivity contribution in [3.8, 4) is 0 Å². The van der Waals surface area contributed by atoms with Gasteiger partial charge < -0.3 is 14.2 Å². The Morgan fingerprint density at radius 3 is 2.70 bits per heavy atom. The van der Waals surface area contributed by atoms with Gasteiger partial charge in [0.15, 0.2) is 5.58 Å². The smallest absolute Gasteiger partial charge is 0.315 e. The summed E-state index contributed by atoms with van der Waals surface area (Å²) in [5.41, 5.74) is 1.49. The van der Waals surface area contributed by atoms with Crippen molar-refractivity contribution < 1.29 is 14.1 Å². The zero-order valence-electron chi connectivity index (χ0n) is 16.7. The minimum Gasteiger partial charge on any atom is -0.465 e. The number of esters is 1. The molecule has 1 unspecified atom stereocenters. The zero-order valence-corrected chi connectivity index (χ0v) is 16.7. The molecule has 0 radical (unpaired) electrons. The van der Waals surface area contributed by atoms with Crippen LogP contribution in [0.15, 0.2) is 28.8 Å². The van der Waals surface area contributed by atoms with Gasteiger partial charge >= 0.3 is 5.97 Å². The molecule has 1 aliphatic rings. The van der Waals surface area contributed by atoms with Crippen LogP contribution in [0.1, 0.15) is 64.0 Å². The summed E-state index contributed by atoms with van der Waals surface area (Å²) in [4.78, 5) is 15.4. The fourth-order valence-electron chi connectivity index (χ4n) is 4.22. The largest absolute Gasteiger partial charge is 0.465 e. The Bertz CT molecular complexity index is 717. The molecule has 1 atom stereocenters. The summed E-state index contributed by atoms with van der Waals surface area (Å²) >= 11 is 0.